The van der Waals surface area contributed by atoms with Gasteiger partial charge in [0, 0.05) is 20.3 Å². The monoisotopic (exact) mass is 321 g/mol. The predicted octanol–water partition coefficient (Wildman–Crippen LogP) is 2.18. The average molecular weight is 321 g/mol. The molecule has 0 spiro atoms. The molecular weight excluding hydrogens is 301 g/mol. The van der Waals surface area contributed by atoms with Crippen molar-refractivity contribution in [2.75, 3.05) is 26.9 Å². The van der Waals surface area contributed by atoms with Crippen LogP contribution in [0.25, 0.3) is 5.69 Å². The van der Waals surface area contributed by atoms with Crippen molar-refractivity contribution in [3.63, 3.8) is 0 Å². The maximum absolute atomic E-state index is 13.0. The van der Waals surface area contributed by atoms with Gasteiger partial charge in [-0.25, -0.2) is 9.07 Å². The van der Waals surface area contributed by atoms with Gasteiger partial charge in [0.1, 0.15) is 5.82 Å². The topological polar surface area (TPSA) is 65.4 Å². The third kappa shape index (κ3) is 4.53. The molecule has 0 saturated carbocycles. The summed E-state index contributed by atoms with van der Waals surface area (Å²) >= 11 is 0. The van der Waals surface area contributed by atoms with Crippen LogP contribution in [0.15, 0.2) is 30.5 Å². The molecule has 1 heterocycles. The van der Waals surface area contributed by atoms with E-state index in [1.807, 2.05) is 6.92 Å². The molecule has 2 rings (SSSR count). The molecule has 0 unspecified atom stereocenters. The van der Waals surface area contributed by atoms with Gasteiger partial charge in [-0.05, 0) is 37.6 Å². The third-order valence-corrected chi connectivity index (χ3v) is 3.10. The molecule has 1 N–H and O–H groups in total. The summed E-state index contributed by atoms with van der Waals surface area (Å²) in [6, 6.07) is 5.83. The number of nitrogens with one attached hydrogen (secondary N) is 1. The Morgan fingerprint density at radius 1 is 1.35 bits per heavy atom. The smallest absolute Gasteiger partial charge is 0.275 e. The van der Waals surface area contributed by atoms with E-state index in [0.29, 0.717) is 37.6 Å². The fourth-order valence-electron chi connectivity index (χ4n) is 2.00. The molecule has 0 atom stereocenters. The van der Waals surface area contributed by atoms with Crippen LogP contribution in [0.2, 0.25) is 0 Å². The van der Waals surface area contributed by atoms with E-state index in [4.69, 9.17) is 9.47 Å². The number of ether oxygens (including phenoxy) is 2. The second kappa shape index (κ2) is 8.28. The quantitative estimate of drug-likeness (QED) is 0.757. The summed E-state index contributed by atoms with van der Waals surface area (Å²) in [5.74, 6) is -0.256. The number of hydrogen-bond acceptors (Lipinski definition) is 4. The zero-order valence-electron chi connectivity index (χ0n) is 13.2. The standard InChI is InChI=1S/C16H20FN3O3/c1-3-23-14-11-20(13-7-5-12(17)6-8-13)19-15(14)16(21)18-9-4-10-22-2/h5-8,11H,3-4,9-10H2,1-2H3,(H,18,21). The molecule has 7 heteroatoms. The van der Waals surface area contributed by atoms with Crippen LogP contribution >= 0.6 is 0 Å². The highest BCUT2D eigenvalue weighted by atomic mass is 19.1. The van der Waals surface area contributed by atoms with Crippen LogP contribution in [0.4, 0.5) is 4.39 Å². The molecule has 0 bridgehead atoms. The number of carbonyl (C=O) groups is 1. The Morgan fingerprint density at radius 3 is 2.74 bits per heavy atom. The number of carbonyl (C=O) groups excluding carboxylic acids is 1. The summed E-state index contributed by atoms with van der Waals surface area (Å²) in [6.45, 7) is 3.30. The van der Waals surface area contributed by atoms with Gasteiger partial charge in [-0.1, -0.05) is 0 Å². The van der Waals surface area contributed by atoms with Crippen LogP contribution < -0.4 is 10.1 Å². The summed E-state index contributed by atoms with van der Waals surface area (Å²) in [6.07, 6.45) is 2.33. The summed E-state index contributed by atoms with van der Waals surface area (Å²) in [4.78, 5) is 12.2. The number of aromatic nitrogens is 2. The lowest BCUT2D eigenvalue weighted by Crippen LogP contribution is -2.26. The number of hydrogen-bond donors (Lipinski definition) is 1. The van der Waals surface area contributed by atoms with Crippen LogP contribution in [-0.2, 0) is 4.74 Å². The average Bonchev–Trinajstić information content (AvgIpc) is 2.96. The second-order valence-corrected chi connectivity index (χ2v) is 4.80. The van der Waals surface area contributed by atoms with Crippen molar-refractivity contribution >= 4 is 5.91 Å². The maximum Gasteiger partial charge on any atom is 0.275 e. The van der Waals surface area contributed by atoms with Crippen molar-refractivity contribution in [3.05, 3.63) is 42.0 Å². The van der Waals surface area contributed by atoms with Gasteiger partial charge >= 0.3 is 0 Å². The first-order chi connectivity index (χ1) is 11.2. The number of methoxy groups -OCH3 is 1. The highest BCUT2D eigenvalue weighted by molar-refractivity contribution is 5.94. The van der Waals surface area contributed by atoms with Crippen LogP contribution in [0.5, 0.6) is 5.75 Å². The van der Waals surface area contributed by atoms with Crippen molar-refractivity contribution in [2.24, 2.45) is 0 Å². The van der Waals surface area contributed by atoms with Crippen LogP contribution in [0, 0.1) is 5.82 Å². The Morgan fingerprint density at radius 2 is 2.09 bits per heavy atom. The number of benzene rings is 1. The van der Waals surface area contributed by atoms with Crippen molar-refractivity contribution in [1.29, 1.82) is 0 Å². The van der Waals surface area contributed by atoms with E-state index in [2.05, 4.69) is 10.4 Å². The van der Waals surface area contributed by atoms with Gasteiger partial charge in [-0.3, -0.25) is 4.79 Å². The predicted molar refractivity (Wildman–Crippen MR) is 83.5 cm³/mol. The molecule has 1 amide bonds. The van der Waals surface area contributed by atoms with E-state index in [1.54, 1.807) is 25.4 Å². The molecule has 1 aromatic carbocycles. The minimum Gasteiger partial charge on any atom is -0.490 e. The normalized spacial score (nSPS) is 10.6. The van der Waals surface area contributed by atoms with Crippen LogP contribution in [-0.4, -0.2) is 42.6 Å². The highest BCUT2D eigenvalue weighted by Gasteiger charge is 2.18. The molecule has 0 aliphatic rings. The fourth-order valence-corrected chi connectivity index (χ4v) is 2.00. The first kappa shape index (κ1) is 17.0. The van der Waals surface area contributed by atoms with E-state index >= 15 is 0 Å². The molecule has 0 fully saturated rings. The number of amides is 1. The summed E-state index contributed by atoms with van der Waals surface area (Å²) in [5.41, 5.74) is 0.847. The van der Waals surface area contributed by atoms with Gasteiger partial charge in [0.15, 0.2) is 11.4 Å². The molecule has 6 nitrogen and oxygen atoms in total. The Bertz CT molecular complexity index is 641. The van der Waals surface area contributed by atoms with Crippen molar-refractivity contribution in [2.45, 2.75) is 13.3 Å². The van der Waals surface area contributed by atoms with Gasteiger partial charge in [0.2, 0.25) is 0 Å². The Kier molecular flexibility index (Phi) is 6.10. The SMILES string of the molecule is CCOc1cn(-c2ccc(F)cc2)nc1C(=O)NCCCOC. The number of nitrogens with zero attached hydrogens (tertiary/aromatic N) is 2. The van der Waals surface area contributed by atoms with E-state index in [0.717, 1.165) is 0 Å². The van der Waals surface area contributed by atoms with Crippen molar-refractivity contribution in [1.82, 2.24) is 15.1 Å². The molecule has 2 aromatic rings. The summed E-state index contributed by atoms with van der Waals surface area (Å²) in [7, 11) is 1.61. The van der Waals surface area contributed by atoms with Crippen molar-refractivity contribution in [3.8, 4) is 11.4 Å². The molecule has 0 radical (unpaired) electrons. The van der Waals surface area contributed by atoms with Crippen LogP contribution in [0.3, 0.4) is 0 Å². The van der Waals surface area contributed by atoms with Gasteiger partial charge in [0.25, 0.3) is 5.91 Å². The molecule has 124 valence electrons. The lowest BCUT2D eigenvalue weighted by Gasteiger charge is -2.04. The first-order valence-electron chi connectivity index (χ1n) is 7.41. The third-order valence-electron chi connectivity index (χ3n) is 3.10. The second-order valence-electron chi connectivity index (χ2n) is 4.80. The maximum atomic E-state index is 13.0. The zero-order chi connectivity index (χ0) is 16.7. The van der Waals surface area contributed by atoms with E-state index < -0.39 is 0 Å². The van der Waals surface area contributed by atoms with Gasteiger partial charge in [-0.2, -0.15) is 5.10 Å². The minimum absolute atomic E-state index is 0.202. The zero-order valence-corrected chi connectivity index (χ0v) is 13.2. The minimum atomic E-state index is -0.331. The first-order valence-corrected chi connectivity index (χ1v) is 7.41. The summed E-state index contributed by atoms with van der Waals surface area (Å²) in [5, 5.41) is 7.03. The molecule has 0 saturated heterocycles. The van der Waals surface area contributed by atoms with Gasteiger partial charge in [-0.15, -0.1) is 0 Å². The van der Waals surface area contributed by atoms with E-state index in [9.17, 15) is 9.18 Å². The number of rotatable bonds is 8. The Balaban J connectivity index is 2.17. The molecule has 23 heavy (non-hydrogen) atoms. The van der Waals surface area contributed by atoms with E-state index in [-0.39, 0.29) is 17.4 Å². The molecule has 1 aromatic heterocycles. The van der Waals surface area contributed by atoms with Crippen molar-refractivity contribution < 1.29 is 18.7 Å². The Hall–Kier alpha value is -2.41. The van der Waals surface area contributed by atoms with Gasteiger partial charge < -0.3 is 14.8 Å². The Labute approximate surface area is 134 Å². The van der Waals surface area contributed by atoms with Crippen LogP contribution in [0.1, 0.15) is 23.8 Å². The molecule has 0 aliphatic heterocycles. The molecule has 0 aliphatic carbocycles. The lowest BCUT2D eigenvalue weighted by molar-refractivity contribution is 0.0939. The summed E-state index contributed by atoms with van der Waals surface area (Å²) < 4.78 is 24.9. The molecular formula is C16H20FN3O3. The van der Waals surface area contributed by atoms with Gasteiger partial charge in [0.05, 0.1) is 18.5 Å². The van der Waals surface area contributed by atoms with E-state index in [1.165, 1.54) is 16.8 Å². The number of halogens is 1. The largest absolute Gasteiger partial charge is 0.490 e. The highest BCUT2D eigenvalue weighted by Crippen LogP contribution is 2.20. The fraction of sp³-hybridized carbons (Fsp3) is 0.375. The lowest BCUT2D eigenvalue weighted by atomic mass is 10.3.